The first-order valence-corrected chi connectivity index (χ1v) is 6.01. The number of rotatable bonds is 7. The van der Waals surface area contributed by atoms with Crippen LogP contribution in [0.15, 0.2) is 0 Å². The fourth-order valence-corrected chi connectivity index (χ4v) is 1.46. The molecule has 1 N–H and O–H groups in total. The molecule has 0 aliphatic rings. The minimum absolute atomic E-state index is 0.108. The van der Waals surface area contributed by atoms with E-state index in [2.05, 4.69) is 24.1 Å². The van der Waals surface area contributed by atoms with Gasteiger partial charge in [0.15, 0.2) is 0 Å². The van der Waals surface area contributed by atoms with Crippen LogP contribution in [0.5, 0.6) is 0 Å². The molecule has 0 radical (unpaired) electrons. The Morgan fingerprint density at radius 1 is 1.40 bits per heavy atom. The van der Waals surface area contributed by atoms with E-state index in [-0.39, 0.29) is 11.9 Å². The molecule has 0 rings (SSSR count). The summed E-state index contributed by atoms with van der Waals surface area (Å²) in [4.78, 5) is 13.6. The number of hydrogen-bond donors (Lipinski definition) is 1. The van der Waals surface area contributed by atoms with Gasteiger partial charge in [-0.25, -0.2) is 0 Å². The number of amides is 1. The Labute approximate surface area is 98.2 Å². The van der Waals surface area contributed by atoms with E-state index in [1.807, 2.05) is 14.1 Å². The van der Waals surface area contributed by atoms with Gasteiger partial charge in [-0.15, -0.1) is 11.6 Å². The maximum absolute atomic E-state index is 11.5. The van der Waals surface area contributed by atoms with E-state index in [1.165, 1.54) is 0 Å². The fourth-order valence-electron chi connectivity index (χ4n) is 1.32. The van der Waals surface area contributed by atoms with Gasteiger partial charge in [0.2, 0.25) is 5.91 Å². The Balaban J connectivity index is 3.99. The molecule has 0 heterocycles. The summed E-state index contributed by atoms with van der Waals surface area (Å²) < 4.78 is 0. The van der Waals surface area contributed by atoms with Gasteiger partial charge in [0.05, 0.1) is 0 Å². The lowest BCUT2D eigenvalue weighted by atomic mass is 10.0. The molecule has 0 aromatic heterocycles. The molecular formula is C11H23ClN2O. The smallest absolute Gasteiger partial charge is 0.220 e. The van der Waals surface area contributed by atoms with E-state index in [9.17, 15) is 4.79 Å². The summed E-state index contributed by atoms with van der Waals surface area (Å²) in [7, 11) is 4.03. The summed E-state index contributed by atoms with van der Waals surface area (Å²) in [5, 5.41) is 3.04. The second kappa shape index (κ2) is 7.94. The fraction of sp³-hybridized carbons (Fsp3) is 0.909. The van der Waals surface area contributed by atoms with E-state index >= 15 is 0 Å². The highest BCUT2D eigenvalue weighted by atomic mass is 35.5. The quantitative estimate of drug-likeness (QED) is 0.681. The Hall–Kier alpha value is -0.280. The lowest BCUT2D eigenvalue weighted by Crippen LogP contribution is -2.44. The highest BCUT2D eigenvalue weighted by Crippen LogP contribution is 2.03. The van der Waals surface area contributed by atoms with Crippen molar-refractivity contribution in [3.63, 3.8) is 0 Å². The molecule has 4 heteroatoms. The zero-order valence-electron chi connectivity index (χ0n) is 10.2. The van der Waals surface area contributed by atoms with Gasteiger partial charge >= 0.3 is 0 Å². The number of carbonyl (C=O) groups is 1. The van der Waals surface area contributed by atoms with Crippen molar-refractivity contribution in [2.45, 2.75) is 32.7 Å². The molecule has 3 nitrogen and oxygen atoms in total. The third-order valence-electron chi connectivity index (χ3n) is 2.25. The van der Waals surface area contributed by atoms with Crippen molar-refractivity contribution in [2.24, 2.45) is 5.92 Å². The van der Waals surface area contributed by atoms with Crippen LogP contribution in [-0.4, -0.2) is 43.4 Å². The van der Waals surface area contributed by atoms with Crippen molar-refractivity contribution in [3.05, 3.63) is 0 Å². The van der Waals surface area contributed by atoms with Crippen molar-refractivity contribution < 1.29 is 4.79 Å². The number of likely N-dealkylation sites (N-methyl/N-ethyl adjacent to an activating group) is 1. The average Bonchev–Trinajstić information content (AvgIpc) is 2.12. The topological polar surface area (TPSA) is 32.3 Å². The second-order valence-electron chi connectivity index (χ2n) is 4.47. The van der Waals surface area contributed by atoms with Crippen molar-refractivity contribution in [1.29, 1.82) is 0 Å². The SMILES string of the molecule is CC(C)C(CN(C)C)NC(=O)CCCCl. The van der Waals surface area contributed by atoms with E-state index in [0.717, 1.165) is 13.0 Å². The van der Waals surface area contributed by atoms with Crippen LogP contribution in [0, 0.1) is 5.92 Å². The molecule has 0 aliphatic heterocycles. The molecule has 15 heavy (non-hydrogen) atoms. The molecule has 1 unspecified atom stereocenters. The number of nitrogens with one attached hydrogen (secondary N) is 1. The molecule has 0 saturated heterocycles. The summed E-state index contributed by atoms with van der Waals surface area (Å²) in [6.07, 6.45) is 1.28. The van der Waals surface area contributed by atoms with Gasteiger partial charge in [0.1, 0.15) is 0 Å². The minimum atomic E-state index is 0.108. The number of carbonyl (C=O) groups excluding carboxylic acids is 1. The number of alkyl halides is 1. The van der Waals surface area contributed by atoms with Crippen LogP contribution >= 0.6 is 11.6 Å². The van der Waals surface area contributed by atoms with E-state index in [4.69, 9.17) is 11.6 Å². The molecule has 0 aromatic carbocycles. The molecule has 1 amide bonds. The lowest BCUT2D eigenvalue weighted by molar-refractivity contribution is -0.122. The Morgan fingerprint density at radius 3 is 2.40 bits per heavy atom. The van der Waals surface area contributed by atoms with Gasteiger partial charge in [0, 0.05) is 24.9 Å². The molecule has 1 atom stereocenters. The van der Waals surface area contributed by atoms with Crippen LogP contribution in [0.2, 0.25) is 0 Å². The summed E-state index contributed by atoms with van der Waals surface area (Å²) in [6, 6.07) is 0.225. The van der Waals surface area contributed by atoms with Crippen LogP contribution in [-0.2, 0) is 4.79 Å². The summed E-state index contributed by atoms with van der Waals surface area (Å²) >= 11 is 5.54. The van der Waals surface area contributed by atoms with Gasteiger partial charge in [-0.3, -0.25) is 4.79 Å². The summed E-state index contributed by atoms with van der Waals surface area (Å²) in [6.45, 7) is 5.12. The normalized spacial score (nSPS) is 13.3. The number of halogens is 1. The van der Waals surface area contributed by atoms with E-state index in [0.29, 0.717) is 18.2 Å². The molecule has 90 valence electrons. The first kappa shape index (κ1) is 14.7. The van der Waals surface area contributed by atoms with Gasteiger partial charge in [-0.05, 0) is 26.4 Å². The lowest BCUT2D eigenvalue weighted by Gasteiger charge is -2.25. The highest BCUT2D eigenvalue weighted by molar-refractivity contribution is 6.17. The molecule has 0 aromatic rings. The maximum atomic E-state index is 11.5. The van der Waals surface area contributed by atoms with Gasteiger partial charge in [-0.1, -0.05) is 13.8 Å². The first-order valence-electron chi connectivity index (χ1n) is 5.47. The summed E-state index contributed by atoms with van der Waals surface area (Å²) in [5.41, 5.74) is 0. The van der Waals surface area contributed by atoms with Crippen LogP contribution < -0.4 is 5.32 Å². The van der Waals surface area contributed by atoms with E-state index in [1.54, 1.807) is 0 Å². The first-order chi connectivity index (χ1) is 6.97. The van der Waals surface area contributed by atoms with Crippen molar-refractivity contribution in [3.8, 4) is 0 Å². The molecule has 0 spiro atoms. The van der Waals surface area contributed by atoms with Crippen LogP contribution in [0.4, 0.5) is 0 Å². The molecule has 0 fully saturated rings. The van der Waals surface area contributed by atoms with Crippen molar-refractivity contribution >= 4 is 17.5 Å². The minimum Gasteiger partial charge on any atom is -0.352 e. The third-order valence-corrected chi connectivity index (χ3v) is 2.52. The monoisotopic (exact) mass is 234 g/mol. The zero-order valence-corrected chi connectivity index (χ0v) is 11.0. The van der Waals surface area contributed by atoms with Crippen molar-refractivity contribution in [2.75, 3.05) is 26.5 Å². The maximum Gasteiger partial charge on any atom is 0.220 e. The predicted octanol–water partition coefficient (Wildman–Crippen LogP) is 1.71. The standard InChI is InChI=1S/C11H23ClN2O/c1-9(2)10(8-14(3)4)13-11(15)6-5-7-12/h9-10H,5-8H2,1-4H3,(H,13,15). The van der Waals surface area contributed by atoms with E-state index < -0.39 is 0 Å². The van der Waals surface area contributed by atoms with Crippen molar-refractivity contribution in [1.82, 2.24) is 10.2 Å². The second-order valence-corrected chi connectivity index (χ2v) is 4.85. The molecular weight excluding hydrogens is 212 g/mol. The van der Waals surface area contributed by atoms with Crippen LogP contribution in [0.1, 0.15) is 26.7 Å². The Morgan fingerprint density at radius 2 is 2.00 bits per heavy atom. The Bertz CT molecular complexity index is 183. The van der Waals surface area contributed by atoms with Gasteiger partial charge < -0.3 is 10.2 Å². The largest absolute Gasteiger partial charge is 0.352 e. The molecule has 0 aliphatic carbocycles. The predicted molar refractivity (Wildman–Crippen MR) is 65.3 cm³/mol. The number of hydrogen-bond acceptors (Lipinski definition) is 2. The zero-order chi connectivity index (χ0) is 11.8. The van der Waals surface area contributed by atoms with Crippen LogP contribution in [0.25, 0.3) is 0 Å². The average molecular weight is 235 g/mol. The number of nitrogens with zero attached hydrogens (tertiary/aromatic N) is 1. The van der Waals surface area contributed by atoms with Crippen LogP contribution in [0.3, 0.4) is 0 Å². The Kier molecular flexibility index (Phi) is 7.79. The highest BCUT2D eigenvalue weighted by Gasteiger charge is 2.16. The third kappa shape index (κ3) is 7.63. The molecule has 0 bridgehead atoms. The van der Waals surface area contributed by atoms with Gasteiger partial charge in [-0.2, -0.15) is 0 Å². The molecule has 0 saturated carbocycles. The summed E-state index contributed by atoms with van der Waals surface area (Å²) in [5.74, 6) is 1.11. The van der Waals surface area contributed by atoms with Gasteiger partial charge in [0.25, 0.3) is 0 Å².